The standard InChI is InChI=1S/C13H25NO2/c1-7-14(8-2)9-11(3)12(15)16-10-13(4,5)6/h9H,7-8,10H2,1-6H3/b11-9+. The summed E-state index contributed by atoms with van der Waals surface area (Å²) in [5.74, 6) is -0.221. The van der Waals surface area contributed by atoms with Gasteiger partial charge in [-0.15, -0.1) is 0 Å². The van der Waals surface area contributed by atoms with E-state index in [1.165, 1.54) is 0 Å². The summed E-state index contributed by atoms with van der Waals surface area (Å²) in [5.41, 5.74) is 0.679. The zero-order valence-electron chi connectivity index (χ0n) is 11.5. The van der Waals surface area contributed by atoms with Crippen LogP contribution in [0.25, 0.3) is 0 Å². The molecule has 0 rings (SSSR count). The number of nitrogens with zero attached hydrogens (tertiary/aromatic N) is 1. The van der Waals surface area contributed by atoms with E-state index < -0.39 is 0 Å². The molecule has 0 fully saturated rings. The molecule has 0 amide bonds. The topological polar surface area (TPSA) is 29.5 Å². The smallest absolute Gasteiger partial charge is 0.335 e. The average Bonchev–Trinajstić information content (AvgIpc) is 2.20. The molecule has 0 radical (unpaired) electrons. The van der Waals surface area contributed by atoms with E-state index in [-0.39, 0.29) is 11.4 Å². The predicted octanol–water partition coefficient (Wildman–Crippen LogP) is 2.82. The number of hydrogen-bond donors (Lipinski definition) is 0. The van der Waals surface area contributed by atoms with E-state index in [0.29, 0.717) is 12.2 Å². The van der Waals surface area contributed by atoms with Crippen LogP contribution in [0.15, 0.2) is 11.8 Å². The molecule has 0 aliphatic rings. The van der Waals surface area contributed by atoms with Gasteiger partial charge >= 0.3 is 5.97 Å². The predicted molar refractivity (Wildman–Crippen MR) is 67.1 cm³/mol. The highest BCUT2D eigenvalue weighted by Gasteiger charge is 2.14. The van der Waals surface area contributed by atoms with Crippen molar-refractivity contribution in [1.29, 1.82) is 0 Å². The molecular formula is C13H25NO2. The summed E-state index contributed by atoms with van der Waals surface area (Å²) >= 11 is 0. The van der Waals surface area contributed by atoms with Crippen LogP contribution in [0.4, 0.5) is 0 Å². The Bertz CT molecular complexity index is 247. The van der Waals surface area contributed by atoms with Crippen LogP contribution in [-0.2, 0) is 9.53 Å². The molecule has 0 aliphatic carbocycles. The van der Waals surface area contributed by atoms with Crippen LogP contribution in [0.3, 0.4) is 0 Å². The molecule has 0 spiro atoms. The van der Waals surface area contributed by atoms with Gasteiger partial charge in [0.25, 0.3) is 0 Å². The lowest BCUT2D eigenvalue weighted by Crippen LogP contribution is -2.21. The van der Waals surface area contributed by atoms with Crippen molar-refractivity contribution < 1.29 is 9.53 Å². The van der Waals surface area contributed by atoms with Crippen LogP contribution >= 0.6 is 0 Å². The first-order valence-corrected chi connectivity index (χ1v) is 5.89. The van der Waals surface area contributed by atoms with E-state index in [1.54, 1.807) is 6.92 Å². The summed E-state index contributed by atoms with van der Waals surface area (Å²) in [7, 11) is 0. The quantitative estimate of drug-likeness (QED) is 0.534. The van der Waals surface area contributed by atoms with E-state index in [0.717, 1.165) is 13.1 Å². The maximum absolute atomic E-state index is 11.6. The zero-order valence-corrected chi connectivity index (χ0v) is 11.5. The maximum atomic E-state index is 11.6. The minimum absolute atomic E-state index is 0.0190. The molecular weight excluding hydrogens is 202 g/mol. The third kappa shape index (κ3) is 6.49. The van der Waals surface area contributed by atoms with Gasteiger partial charge in [-0.3, -0.25) is 0 Å². The number of carbonyl (C=O) groups is 1. The Kier molecular flexibility index (Phi) is 6.16. The summed E-state index contributed by atoms with van der Waals surface area (Å²) < 4.78 is 5.22. The van der Waals surface area contributed by atoms with Crippen molar-refractivity contribution in [1.82, 2.24) is 4.90 Å². The van der Waals surface area contributed by atoms with Gasteiger partial charge in [-0.05, 0) is 26.2 Å². The molecule has 3 nitrogen and oxygen atoms in total. The maximum Gasteiger partial charge on any atom is 0.335 e. The second-order valence-corrected chi connectivity index (χ2v) is 5.17. The van der Waals surface area contributed by atoms with E-state index >= 15 is 0 Å². The number of esters is 1. The van der Waals surface area contributed by atoms with Gasteiger partial charge in [0.1, 0.15) is 0 Å². The highest BCUT2D eigenvalue weighted by atomic mass is 16.5. The van der Waals surface area contributed by atoms with Crippen molar-refractivity contribution in [2.45, 2.75) is 41.5 Å². The van der Waals surface area contributed by atoms with Crippen molar-refractivity contribution in [2.75, 3.05) is 19.7 Å². The minimum Gasteiger partial charge on any atom is -0.462 e. The van der Waals surface area contributed by atoms with Gasteiger partial charge in [0.2, 0.25) is 0 Å². The Hall–Kier alpha value is -0.990. The van der Waals surface area contributed by atoms with Gasteiger partial charge < -0.3 is 9.64 Å². The second kappa shape index (κ2) is 6.56. The van der Waals surface area contributed by atoms with E-state index in [9.17, 15) is 4.79 Å². The molecule has 0 N–H and O–H groups in total. The first-order chi connectivity index (χ1) is 7.30. The highest BCUT2D eigenvalue weighted by molar-refractivity contribution is 5.87. The summed E-state index contributed by atoms with van der Waals surface area (Å²) in [6.07, 6.45) is 1.87. The molecule has 0 bridgehead atoms. The lowest BCUT2D eigenvalue weighted by atomic mass is 9.99. The van der Waals surface area contributed by atoms with Crippen LogP contribution in [0.2, 0.25) is 0 Å². The fourth-order valence-corrected chi connectivity index (χ4v) is 1.13. The molecule has 0 aliphatic heterocycles. The molecule has 0 aromatic carbocycles. The van der Waals surface area contributed by atoms with Crippen LogP contribution < -0.4 is 0 Å². The van der Waals surface area contributed by atoms with Crippen LogP contribution in [-0.4, -0.2) is 30.6 Å². The van der Waals surface area contributed by atoms with Crippen LogP contribution in [0.5, 0.6) is 0 Å². The lowest BCUT2D eigenvalue weighted by Gasteiger charge is -2.19. The SMILES string of the molecule is CCN(/C=C(\C)C(=O)OCC(C)(C)C)CC. The lowest BCUT2D eigenvalue weighted by molar-refractivity contribution is -0.141. The number of carbonyl (C=O) groups excluding carboxylic acids is 1. The summed E-state index contributed by atoms with van der Waals surface area (Å²) in [6.45, 7) is 14.3. The number of rotatable bonds is 5. The molecule has 0 unspecified atom stereocenters. The summed E-state index contributed by atoms with van der Waals surface area (Å²) in [4.78, 5) is 13.7. The van der Waals surface area contributed by atoms with Gasteiger partial charge in [0.15, 0.2) is 0 Å². The molecule has 3 heteroatoms. The van der Waals surface area contributed by atoms with Gasteiger partial charge in [0, 0.05) is 24.9 Å². The first-order valence-electron chi connectivity index (χ1n) is 5.89. The number of ether oxygens (including phenoxy) is 1. The average molecular weight is 227 g/mol. The molecule has 0 heterocycles. The largest absolute Gasteiger partial charge is 0.462 e. The van der Waals surface area contributed by atoms with Crippen molar-refractivity contribution in [3.8, 4) is 0 Å². The Labute approximate surface area is 99.5 Å². The van der Waals surface area contributed by atoms with Crippen molar-refractivity contribution in [3.05, 3.63) is 11.8 Å². The molecule has 16 heavy (non-hydrogen) atoms. The fourth-order valence-electron chi connectivity index (χ4n) is 1.13. The van der Waals surface area contributed by atoms with Crippen molar-refractivity contribution in [3.63, 3.8) is 0 Å². The Morgan fingerprint density at radius 1 is 1.25 bits per heavy atom. The molecule has 0 saturated carbocycles. The Morgan fingerprint density at radius 2 is 1.75 bits per heavy atom. The molecule has 0 atom stereocenters. The minimum atomic E-state index is -0.221. The number of hydrogen-bond acceptors (Lipinski definition) is 3. The Morgan fingerprint density at radius 3 is 2.12 bits per heavy atom. The van der Waals surface area contributed by atoms with Gasteiger partial charge in [-0.25, -0.2) is 4.79 Å². The normalized spacial score (nSPS) is 12.5. The van der Waals surface area contributed by atoms with Gasteiger partial charge in [-0.1, -0.05) is 20.8 Å². The van der Waals surface area contributed by atoms with Gasteiger partial charge in [-0.2, -0.15) is 0 Å². The summed E-state index contributed by atoms with van der Waals surface area (Å²) in [6, 6.07) is 0. The molecule has 0 saturated heterocycles. The zero-order chi connectivity index (χ0) is 12.8. The van der Waals surface area contributed by atoms with E-state index in [4.69, 9.17) is 4.74 Å². The van der Waals surface area contributed by atoms with Crippen molar-refractivity contribution >= 4 is 5.97 Å². The van der Waals surface area contributed by atoms with Gasteiger partial charge in [0.05, 0.1) is 6.61 Å². The first kappa shape index (κ1) is 15.0. The second-order valence-electron chi connectivity index (χ2n) is 5.17. The molecule has 94 valence electrons. The van der Waals surface area contributed by atoms with Crippen molar-refractivity contribution in [2.24, 2.45) is 5.41 Å². The Balaban J connectivity index is 4.28. The molecule has 0 aromatic heterocycles. The summed E-state index contributed by atoms with van der Waals surface area (Å²) in [5, 5.41) is 0. The van der Waals surface area contributed by atoms with Crippen LogP contribution in [0.1, 0.15) is 41.5 Å². The third-order valence-corrected chi connectivity index (χ3v) is 2.15. The fraction of sp³-hybridized carbons (Fsp3) is 0.769. The van der Waals surface area contributed by atoms with E-state index in [2.05, 4.69) is 18.7 Å². The monoisotopic (exact) mass is 227 g/mol. The van der Waals surface area contributed by atoms with E-state index in [1.807, 2.05) is 27.0 Å². The third-order valence-electron chi connectivity index (χ3n) is 2.15. The van der Waals surface area contributed by atoms with Crippen LogP contribution in [0, 0.1) is 5.41 Å². The molecule has 0 aromatic rings. The highest BCUT2D eigenvalue weighted by Crippen LogP contribution is 2.14.